The summed E-state index contributed by atoms with van der Waals surface area (Å²) < 4.78 is 40.0. The van der Waals surface area contributed by atoms with Crippen molar-refractivity contribution in [2.24, 2.45) is 0 Å². The van der Waals surface area contributed by atoms with E-state index in [1.807, 2.05) is 0 Å². The zero-order valence-corrected chi connectivity index (χ0v) is 10.3. The zero-order chi connectivity index (χ0) is 12.5. The van der Waals surface area contributed by atoms with Gasteiger partial charge in [-0.25, -0.2) is 17.5 Å². The van der Waals surface area contributed by atoms with Crippen molar-refractivity contribution in [3.05, 3.63) is 29.6 Å². The third kappa shape index (κ3) is 2.83. The topological polar surface area (TPSA) is 58.2 Å². The van der Waals surface area contributed by atoms with Crippen molar-refractivity contribution < 1.29 is 12.8 Å². The molecule has 17 heavy (non-hydrogen) atoms. The van der Waals surface area contributed by atoms with Crippen molar-refractivity contribution >= 4 is 10.0 Å². The van der Waals surface area contributed by atoms with Crippen LogP contribution in [-0.4, -0.2) is 27.5 Å². The van der Waals surface area contributed by atoms with Crippen LogP contribution in [0.25, 0.3) is 0 Å². The predicted octanol–water partition coefficient (Wildman–Crippen LogP) is 0.774. The number of rotatable bonds is 3. The maximum absolute atomic E-state index is 13.5. The third-order valence-electron chi connectivity index (χ3n) is 2.76. The van der Waals surface area contributed by atoms with Crippen LogP contribution in [0.1, 0.15) is 12.0 Å². The first kappa shape index (κ1) is 12.5. The molecule has 2 N–H and O–H groups in total. The van der Waals surface area contributed by atoms with Gasteiger partial charge in [0, 0.05) is 12.6 Å². The monoisotopic (exact) mass is 258 g/mol. The second kappa shape index (κ2) is 4.72. The van der Waals surface area contributed by atoms with E-state index in [2.05, 4.69) is 10.0 Å². The van der Waals surface area contributed by atoms with Crippen LogP contribution in [0.4, 0.5) is 4.39 Å². The van der Waals surface area contributed by atoms with Crippen molar-refractivity contribution in [3.63, 3.8) is 0 Å². The summed E-state index contributed by atoms with van der Waals surface area (Å²) in [5, 5.41) is 3.05. The van der Waals surface area contributed by atoms with Gasteiger partial charge in [0.25, 0.3) is 0 Å². The summed E-state index contributed by atoms with van der Waals surface area (Å²) in [5.74, 6) is -0.714. The molecule has 0 radical (unpaired) electrons. The normalized spacial score (nSPS) is 20.7. The number of hydrogen-bond donors (Lipinski definition) is 2. The average Bonchev–Trinajstić information content (AvgIpc) is 2.73. The Morgan fingerprint density at radius 1 is 1.47 bits per heavy atom. The molecule has 0 aromatic heterocycles. The fraction of sp³-hybridized carbons (Fsp3) is 0.455. The molecule has 1 aromatic carbocycles. The van der Waals surface area contributed by atoms with E-state index < -0.39 is 15.8 Å². The van der Waals surface area contributed by atoms with Crippen LogP contribution in [0.5, 0.6) is 0 Å². The average molecular weight is 258 g/mol. The molecule has 94 valence electrons. The van der Waals surface area contributed by atoms with E-state index >= 15 is 0 Å². The molecule has 1 aliphatic rings. The van der Waals surface area contributed by atoms with Gasteiger partial charge in [-0.2, -0.15) is 0 Å². The van der Waals surface area contributed by atoms with Crippen molar-refractivity contribution in [3.8, 4) is 0 Å². The lowest BCUT2D eigenvalue weighted by molar-refractivity contribution is 0.542. The maximum Gasteiger partial charge on any atom is 0.243 e. The van der Waals surface area contributed by atoms with Gasteiger partial charge >= 0.3 is 0 Å². The Kier molecular flexibility index (Phi) is 3.46. The van der Waals surface area contributed by atoms with E-state index in [4.69, 9.17) is 0 Å². The quantitative estimate of drug-likeness (QED) is 0.842. The molecule has 0 saturated carbocycles. The molecule has 1 fully saturated rings. The molecule has 0 bridgehead atoms. The number of halogens is 1. The molecule has 1 atom stereocenters. The Morgan fingerprint density at radius 3 is 2.88 bits per heavy atom. The Morgan fingerprint density at radius 2 is 2.24 bits per heavy atom. The second-order valence-corrected chi connectivity index (χ2v) is 5.93. The van der Waals surface area contributed by atoms with Crippen LogP contribution in [0.15, 0.2) is 23.1 Å². The molecule has 1 heterocycles. The molecule has 1 aromatic rings. The Bertz CT molecular complexity index is 510. The molecule has 1 aliphatic heterocycles. The Hall–Kier alpha value is -0.980. The van der Waals surface area contributed by atoms with E-state index in [1.165, 1.54) is 12.1 Å². The van der Waals surface area contributed by atoms with E-state index in [0.29, 0.717) is 6.54 Å². The molecule has 2 rings (SSSR count). The molecular formula is C11H15FN2O2S. The minimum Gasteiger partial charge on any atom is -0.315 e. The number of aryl methyl sites for hydroxylation is 1. The highest BCUT2D eigenvalue weighted by atomic mass is 32.2. The van der Waals surface area contributed by atoms with E-state index in [9.17, 15) is 12.8 Å². The Labute approximate surface area is 100 Å². The van der Waals surface area contributed by atoms with Crippen LogP contribution in [0.3, 0.4) is 0 Å². The molecule has 1 unspecified atom stereocenters. The zero-order valence-electron chi connectivity index (χ0n) is 9.53. The molecule has 0 amide bonds. The number of benzene rings is 1. The first-order valence-corrected chi connectivity index (χ1v) is 6.96. The smallest absolute Gasteiger partial charge is 0.243 e. The van der Waals surface area contributed by atoms with E-state index in [0.717, 1.165) is 18.5 Å². The van der Waals surface area contributed by atoms with Gasteiger partial charge in [-0.05, 0) is 37.6 Å². The van der Waals surface area contributed by atoms with Gasteiger partial charge < -0.3 is 5.32 Å². The van der Waals surface area contributed by atoms with Gasteiger partial charge in [0.15, 0.2) is 0 Å². The fourth-order valence-corrected chi connectivity index (χ4v) is 3.29. The highest BCUT2D eigenvalue weighted by molar-refractivity contribution is 7.89. The molecule has 4 nitrogen and oxygen atoms in total. The van der Waals surface area contributed by atoms with Gasteiger partial charge in [0.2, 0.25) is 10.0 Å². The van der Waals surface area contributed by atoms with Crippen molar-refractivity contribution in [2.45, 2.75) is 24.3 Å². The minimum atomic E-state index is -3.76. The van der Waals surface area contributed by atoms with Gasteiger partial charge in [-0.15, -0.1) is 0 Å². The summed E-state index contributed by atoms with van der Waals surface area (Å²) in [7, 11) is -3.76. The van der Waals surface area contributed by atoms with E-state index in [1.54, 1.807) is 13.0 Å². The number of nitrogens with one attached hydrogen (secondary N) is 2. The molecule has 0 spiro atoms. The minimum absolute atomic E-state index is 0.153. The maximum atomic E-state index is 13.5. The molecular weight excluding hydrogens is 243 g/mol. The Balaban J connectivity index is 2.27. The summed E-state index contributed by atoms with van der Waals surface area (Å²) in [5.41, 5.74) is 0.719. The highest BCUT2D eigenvalue weighted by Crippen LogP contribution is 2.17. The summed E-state index contributed by atoms with van der Waals surface area (Å²) >= 11 is 0. The lowest BCUT2D eigenvalue weighted by Gasteiger charge is -2.12. The first-order chi connectivity index (χ1) is 7.99. The molecule has 0 aliphatic carbocycles. The van der Waals surface area contributed by atoms with Crippen molar-refractivity contribution in [2.75, 3.05) is 13.1 Å². The van der Waals surface area contributed by atoms with Gasteiger partial charge in [0.05, 0.1) is 0 Å². The SMILES string of the molecule is Cc1ccc(F)c(S(=O)(=O)NC2CCNC2)c1. The van der Waals surface area contributed by atoms with Crippen LogP contribution in [0.2, 0.25) is 0 Å². The summed E-state index contributed by atoms with van der Waals surface area (Å²) in [4.78, 5) is -0.274. The van der Waals surface area contributed by atoms with Crippen molar-refractivity contribution in [1.29, 1.82) is 0 Å². The molecule has 6 heteroatoms. The van der Waals surface area contributed by atoms with Crippen LogP contribution in [-0.2, 0) is 10.0 Å². The van der Waals surface area contributed by atoms with E-state index in [-0.39, 0.29) is 10.9 Å². The lowest BCUT2D eigenvalue weighted by Crippen LogP contribution is -2.36. The van der Waals surface area contributed by atoms with Gasteiger partial charge in [-0.1, -0.05) is 6.07 Å². The van der Waals surface area contributed by atoms with Gasteiger partial charge in [0.1, 0.15) is 10.7 Å². The second-order valence-electron chi connectivity index (χ2n) is 4.24. The van der Waals surface area contributed by atoms with Crippen LogP contribution in [0, 0.1) is 12.7 Å². The van der Waals surface area contributed by atoms with Crippen LogP contribution < -0.4 is 10.0 Å². The molecule has 1 saturated heterocycles. The third-order valence-corrected chi connectivity index (χ3v) is 4.29. The highest BCUT2D eigenvalue weighted by Gasteiger charge is 2.25. The lowest BCUT2D eigenvalue weighted by atomic mass is 10.2. The predicted molar refractivity (Wildman–Crippen MR) is 62.7 cm³/mol. The van der Waals surface area contributed by atoms with Crippen molar-refractivity contribution in [1.82, 2.24) is 10.0 Å². The standard InChI is InChI=1S/C11H15FN2O2S/c1-8-2-3-10(12)11(6-8)17(15,16)14-9-4-5-13-7-9/h2-3,6,9,13-14H,4-5,7H2,1H3. The number of sulfonamides is 1. The number of hydrogen-bond acceptors (Lipinski definition) is 3. The summed E-state index contributed by atoms with van der Waals surface area (Å²) in [6.45, 7) is 3.10. The van der Waals surface area contributed by atoms with Crippen LogP contribution >= 0.6 is 0 Å². The largest absolute Gasteiger partial charge is 0.315 e. The van der Waals surface area contributed by atoms with Gasteiger partial charge in [-0.3, -0.25) is 0 Å². The first-order valence-electron chi connectivity index (χ1n) is 5.48. The summed E-state index contributed by atoms with van der Waals surface area (Å²) in [6.07, 6.45) is 0.729. The summed E-state index contributed by atoms with van der Waals surface area (Å²) in [6, 6.07) is 3.92. The fourth-order valence-electron chi connectivity index (χ4n) is 1.85.